The maximum Gasteiger partial charge on any atom is 0.303 e. The van der Waals surface area contributed by atoms with Crippen molar-refractivity contribution >= 4 is 17.6 Å². The minimum Gasteiger partial charge on any atom is -0.481 e. The normalized spacial score (nSPS) is 28.8. The van der Waals surface area contributed by atoms with Crippen LogP contribution in [0.2, 0.25) is 0 Å². The van der Waals surface area contributed by atoms with Gasteiger partial charge in [0.25, 0.3) is 0 Å². The van der Waals surface area contributed by atoms with Crippen molar-refractivity contribution < 1.29 is 25.2 Å². The number of carboxylic acid groups (broad SMARTS) is 1. The SMILES string of the molecule is CC(O)CCC[C@H](O)/C=C/C1[C@@H](C/C=C\CCCC(=O)O)C(Cl)C[C@H]1O. The second kappa shape index (κ2) is 12.5. The predicted molar refractivity (Wildman–Crippen MR) is 103 cm³/mol. The molecule has 1 aliphatic carbocycles. The molecule has 0 aromatic carbocycles. The highest BCUT2D eigenvalue weighted by Crippen LogP contribution is 2.39. The monoisotopic (exact) mass is 388 g/mol. The highest BCUT2D eigenvalue weighted by molar-refractivity contribution is 6.21. The molecule has 0 aromatic heterocycles. The van der Waals surface area contributed by atoms with Gasteiger partial charge in [0.1, 0.15) is 0 Å². The third-order valence-corrected chi connectivity index (χ3v) is 5.39. The van der Waals surface area contributed by atoms with Crippen LogP contribution in [0.15, 0.2) is 24.3 Å². The van der Waals surface area contributed by atoms with E-state index in [2.05, 4.69) is 0 Å². The van der Waals surface area contributed by atoms with E-state index in [4.69, 9.17) is 16.7 Å². The van der Waals surface area contributed by atoms with Crippen molar-refractivity contribution in [1.29, 1.82) is 0 Å². The number of carboxylic acids is 1. The van der Waals surface area contributed by atoms with Crippen LogP contribution >= 0.6 is 11.6 Å². The maximum atomic E-state index is 10.5. The van der Waals surface area contributed by atoms with Gasteiger partial charge in [-0.2, -0.15) is 0 Å². The number of aliphatic hydroxyl groups is 3. The molecule has 4 N–H and O–H groups in total. The molecule has 0 spiro atoms. The van der Waals surface area contributed by atoms with E-state index in [1.165, 1.54) is 0 Å². The van der Waals surface area contributed by atoms with Crippen LogP contribution in [0.3, 0.4) is 0 Å². The number of aliphatic carboxylic acids is 1. The van der Waals surface area contributed by atoms with Crippen molar-refractivity contribution in [3.8, 4) is 0 Å². The molecule has 0 aromatic rings. The van der Waals surface area contributed by atoms with E-state index >= 15 is 0 Å². The van der Waals surface area contributed by atoms with Crippen molar-refractivity contribution in [3.05, 3.63) is 24.3 Å². The summed E-state index contributed by atoms with van der Waals surface area (Å²) in [5.41, 5.74) is 0. The van der Waals surface area contributed by atoms with E-state index in [1.54, 1.807) is 13.0 Å². The Morgan fingerprint density at radius 1 is 1.23 bits per heavy atom. The van der Waals surface area contributed by atoms with Crippen molar-refractivity contribution in [2.75, 3.05) is 0 Å². The van der Waals surface area contributed by atoms with Crippen LogP contribution in [0.4, 0.5) is 0 Å². The third-order valence-electron chi connectivity index (χ3n) is 4.88. The van der Waals surface area contributed by atoms with Crippen LogP contribution in [-0.2, 0) is 4.79 Å². The van der Waals surface area contributed by atoms with E-state index in [0.717, 1.165) is 19.3 Å². The van der Waals surface area contributed by atoms with Crippen LogP contribution < -0.4 is 0 Å². The number of alkyl halides is 1. The predicted octanol–water partition coefficient (Wildman–Crippen LogP) is 3.26. The summed E-state index contributed by atoms with van der Waals surface area (Å²) in [5.74, 6) is -0.772. The van der Waals surface area contributed by atoms with E-state index in [9.17, 15) is 20.1 Å². The van der Waals surface area contributed by atoms with Gasteiger partial charge in [-0.15, -0.1) is 11.6 Å². The van der Waals surface area contributed by atoms with Gasteiger partial charge in [0.05, 0.1) is 18.3 Å². The molecular weight excluding hydrogens is 356 g/mol. The van der Waals surface area contributed by atoms with E-state index in [-0.39, 0.29) is 29.7 Å². The molecule has 0 heterocycles. The van der Waals surface area contributed by atoms with Crippen molar-refractivity contribution in [2.24, 2.45) is 11.8 Å². The molecule has 1 rings (SSSR count). The molecule has 1 saturated carbocycles. The molecule has 6 heteroatoms. The van der Waals surface area contributed by atoms with Gasteiger partial charge in [-0.25, -0.2) is 0 Å². The lowest BCUT2D eigenvalue weighted by Crippen LogP contribution is -2.19. The van der Waals surface area contributed by atoms with Gasteiger partial charge in [-0.3, -0.25) is 4.79 Å². The highest BCUT2D eigenvalue weighted by Gasteiger charge is 2.39. The van der Waals surface area contributed by atoms with E-state index in [0.29, 0.717) is 25.7 Å². The van der Waals surface area contributed by atoms with Gasteiger partial charge in [-0.1, -0.05) is 24.3 Å². The lowest BCUT2D eigenvalue weighted by molar-refractivity contribution is -0.137. The first-order valence-electron chi connectivity index (χ1n) is 9.54. The molecule has 3 unspecified atom stereocenters. The number of rotatable bonds is 12. The molecule has 5 nitrogen and oxygen atoms in total. The first-order valence-corrected chi connectivity index (χ1v) is 9.98. The summed E-state index contributed by atoms with van der Waals surface area (Å²) in [6.45, 7) is 1.73. The number of hydrogen-bond donors (Lipinski definition) is 4. The average molecular weight is 389 g/mol. The topological polar surface area (TPSA) is 98.0 Å². The summed E-state index contributed by atoms with van der Waals surface area (Å²) < 4.78 is 0. The molecule has 6 atom stereocenters. The standard InChI is InChI=1S/C20H33ClO5/c1-14(22)7-6-8-15(23)11-12-17-16(18(21)13-19(17)24)9-4-2-3-5-10-20(25)26/h2,4,11-12,14-19,22-24H,3,5-10,13H2,1H3,(H,25,26)/b4-2-,12-11+/t14?,15-,16+,17?,18?,19+/m0/s1. The first-order chi connectivity index (χ1) is 12.3. The quantitative estimate of drug-likeness (QED) is 0.234. The molecule has 1 fully saturated rings. The molecule has 150 valence electrons. The minimum absolute atomic E-state index is 0.0902. The molecule has 0 bridgehead atoms. The number of aliphatic hydroxyl groups excluding tert-OH is 3. The lowest BCUT2D eigenvalue weighted by atomic mass is 9.90. The molecule has 0 radical (unpaired) electrons. The van der Waals surface area contributed by atoms with Crippen LogP contribution in [0.5, 0.6) is 0 Å². The fourth-order valence-corrected chi connectivity index (χ4v) is 3.84. The van der Waals surface area contributed by atoms with Gasteiger partial charge in [0, 0.05) is 17.7 Å². The number of allylic oxidation sites excluding steroid dienone is 2. The van der Waals surface area contributed by atoms with Crippen LogP contribution in [-0.4, -0.2) is 50.1 Å². The van der Waals surface area contributed by atoms with Crippen LogP contribution in [0.25, 0.3) is 0 Å². The summed E-state index contributed by atoms with van der Waals surface area (Å²) >= 11 is 6.39. The summed E-state index contributed by atoms with van der Waals surface area (Å²) in [5, 5.41) is 38.0. The summed E-state index contributed by atoms with van der Waals surface area (Å²) in [7, 11) is 0. The largest absolute Gasteiger partial charge is 0.481 e. The second-order valence-corrected chi connectivity index (χ2v) is 7.85. The van der Waals surface area contributed by atoms with E-state index < -0.39 is 18.2 Å². The first kappa shape index (κ1) is 23.2. The zero-order chi connectivity index (χ0) is 19.5. The zero-order valence-corrected chi connectivity index (χ0v) is 16.3. The van der Waals surface area contributed by atoms with E-state index in [1.807, 2.05) is 18.2 Å². The Labute approximate surface area is 161 Å². The highest BCUT2D eigenvalue weighted by atomic mass is 35.5. The number of carbonyl (C=O) groups is 1. The Morgan fingerprint density at radius 3 is 2.62 bits per heavy atom. The number of unbranched alkanes of at least 4 members (excludes halogenated alkanes) is 1. The van der Waals surface area contributed by atoms with Gasteiger partial charge < -0.3 is 20.4 Å². The molecule has 1 aliphatic rings. The number of halogens is 1. The van der Waals surface area contributed by atoms with Gasteiger partial charge in [0.2, 0.25) is 0 Å². The molecule has 26 heavy (non-hydrogen) atoms. The summed E-state index contributed by atoms with van der Waals surface area (Å²) in [4.78, 5) is 10.5. The minimum atomic E-state index is -0.782. The third kappa shape index (κ3) is 9.17. The lowest BCUT2D eigenvalue weighted by Gasteiger charge is -2.19. The Kier molecular flexibility index (Phi) is 11.1. The van der Waals surface area contributed by atoms with Crippen molar-refractivity contribution in [3.63, 3.8) is 0 Å². The Bertz CT molecular complexity index is 463. The average Bonchev–Trinajstić information content (AvgIpc) is 2.81. The van der Waals surface area contributed by atoms with Crippen molar-refractivity contribution in [1.82, 2.24) is 0 Å². The van der Waals surface area contributed by atoms with Crippen molar-refractivity contribution in [2.45, 2.75) is 82.0 Å². The Hall–Kier alpha value is -0.880. The van der Waals surface area contributed by atoms with Crippen LogP contribution in [0, 0.1) is 11.8 Å². The second-order valence-electron chi connectivity index (χ2n) is 7.29. The van der Waals surface area contributed by atoms with Gasteiger partial charge >= 0.3 is 5.97 Å². The van der Waals surface area contributed by atoms with Gasteiger partial charge in [-0.05, 0) is 57.8 Å². The fraction of sp³-hybridized carbons (Fsp3) is 0.750. The fourth-order valence-electron chi connectivity index (χ4n) is 3.38. The zero-order valence-electron chi connectivity index (χ0n) is 15.5. The number of hydrogen-bond acceptors (Lipinski definition) is 4. The molecule has 0 saturated heterocycles. The summed E-state index contributed by atoms with van der Waals surface area (Å²) in [6.07, 6.45) is 10.9. The maximum absolute atomic E-state index is 10.5. The van der Waals surface area contributed by atoms with Gasteiger partial charge in [0.15, 0.2) is 0 Å². The molecular formula is C20H33ClO5. The molecule has 0 amide bonds. The Balaban J connectivity index is 2.46. The van der Waals surface area contributed by atoms with Crippen LogP contribution in [0.1, 0.15) is 58.3 Å². The summed E-state index contributed by atoms with van der Waals surface area (Å²) in [6, 6.07) is 0. The Morgan fingerprint density at radius 2 is 1.96 bits per heavy atom. The smallest absolute Gasteiger partial charge is 0.303 e. The molecule has 0 aliphatic heterocycles.